The summed E-state index contributed by atoms with van der Waals surface area (Å²) >= 11 is 0. The number of piperidine rings is 2. The van der Waals surface area contributed by atoms with Crippen LogP contribution < -0.4 is 21.3 Å². The Morgan fingerprint density at radius 2 is 1.58 bits per heavy atom. The molecule has 0 bridgehead atoms. The van der Waals surface area contributed by atoms with Crippen LogP contribution in [0.25, 0.3) is 6.08 Å². The van der Waals surface area contributed by atoms with Crippen LogP contribution in [0.15, 0.2) is 73.1 Å². The van der Waals surface area contributed by atoms with Crippen LogP contribution in [0.4, 0.5) is 5.69 Å². The van der Waals surface area contributed by atoms with E-state index < -0.39 is 29.7 Å². The van der Waals surface area contributed by atoms with Gasteiger partial charge in [0.05, 0.1) is 11.1 Å². The number of carbonyl (C=O) groups is 7. The first-order chi connectivity index (χ1) is 26.7. The van der Waals surface area contributed by atoms with Gasteiger partial charge >= 0.3 is 0 Å². The molecule has 6 rings (SSSR count). The molecule has 1 aromatic heterocycles. The highest BCUT2D eigenvalue weighted by atomic mass is 16.2. The molecule has 1 unspecified atom stereocenters. The SMILES string of the molecule is O=C(/C=C/c1cccnc1)NCCCCC1CCN(C(=O)c2ccc(C(=O)NCCCNc3cccc4c3C(=O)N(C3CCC(=O)NC3=O)C4=O)cc2)CC1. The molecular formula is C41H45N7O7. The highest BCUT2D eigenvalue weighted by molar-refractivity contribution is 6.25. The van der Waals surface area contributed by atoms with Crippen molar-refractivity contribution in [1.82, 2.24) is 30.7 Å². The molecule has 4 heterocycles. The van der Waals surface area contributed by atoms with E-state index in [2.05, 4.69) is 26.3 Å². The van der Waals surface area contributed by atoms with Crippen LogP contribution in [-0.2, 0) is 14.4 Å². The summed E-state index contributed by atoms with van der Waals surface area (Å²) < 4.78 is 0. The molecule has 14 nitrogen and oxygen atoms in total. The molecule has 0 spiro atoms. The number of nitrogens with zero attached hydrogens (tertiary/aromatic N) is 3. The van der Waals surface area contributed by atoms with Gasteiger partial charge in [-0.25, -0.2) is 0 Å². The monoisotopic (exact) mass is 747 g/mol. The molecule has 0 aliphatic carbocycles. The number of nitrogens with one attached hydrogen (secondary N) is 4. The van der Waals surface area contributed by atoms with Gasteiger partial charge in [-0.3, -0.25) is 48.8 Å². The molecule has 2 fully saturated rings. The predicted octanol–water partition coefficient (Wildman–Crippen LogP) is 3.57. The average molecular weight is 748 g/mol. The normalized spacial score (nSPS) is 17.3. The number of carbonyl (C=O) groups excluding carboxylic acids is 7. The van der Waals surface area contributed by atoms with E-state index in [-0.39, 0.29) is 41.7 Å². The van der Waals surface area contributed by atoms with Gasteiger partial charge in [-0.2, -0.15) is 0 Å². The van der Waals surface area contributed by atoms with E-state index in [0.717, 1.165) is 42.6 Å². The van der Waals surface area contributed by atoms with E-state index in [1.54, 1.807) is 54.9 Å². The van der Waals surface area contributed by atoms with Crippen LogP contribution >= 0.6 is 0 Å². The number of hydrogen-bond donors (Lipinski definition) is 4. The molecule has 286 valence electrons. The van der Waals surface area contributed by atoms with E-state index in [0.29, 0.717) is 61.9 Å². The summed E-state index contributed by atoms with van der Waals surface area (Å²) in [4.78, 5) is 95.1. The minimum absolute atomic E-state index is 0.0447. The van der Waals surface area contributed by atoms with Crippen LogP contribution in [0.5, 0.6) is 0 Å². The molecular weight excluding hydrogens is 702 g/mol. The molecule has 0 radical (unpaired) electrons. The predicted molar refractivity (Wildman–Crippen MR) is 204 cm³/mol. The maximum atomic E-state index is 13.3. The summed E-state index contributed by atoms with van der Waals surface area (Å²) in [6.07, 6.45) is 12.1. The molecule has 4 N–H and O–H groups in total. The number of rotatable bonds is 15. The molecule has 3 aliphatic heterocycles. The number of hydrogen-bond acceptors (Lipinski definition) is 9. The second-order valence-corrected chi connectivity index (χ2v) is 13.9. The van der Waals surface area contributed by atoms with Gasteiger partial charge < -0.3 is 20.9 Å². The lowest BCUT2D eigenvalue weighted by molar-refractivity contribution is -0.136. The zero-order valence-corrected chi connectivity index (χ0v) is 30.6. The standard InChI is InChI=1S/C41H45N7O7/c49-34(16-10-28-7-4-20-42-26-28)44-21-2-1-6-27-18-24-47(25-19-27)39(53)30-13-11-29(12-14-30)37(51)45-23-5-22-43-32-9-3-8-31-36(32)41(55)48(40(31)54)33-15-17-35(50)46-38(33)52/h3-4,7-14,16,20,26-27,33,43H,1-2,5-6,15,17-19,21-25H2,(H,44,49)(H,45,51)(H,46,50,52)/b16-10+. The Bertz CT molecular complexity index is 1960. The number of amides is 7. The van der Waals surface area contributed by atoms with E-state index in [9.17, 15) is 33.6 Å². The number of fused-ring (bicyclic) bond motifs is 1. The summed E-state index contributed by atoms with van der Waals surface area (Å²) in [5.41, 5.74) is 2.67. The van der Waals surface area contributed by atoms with E-state index in [1.807, 2.05) is 17.0 Å². The lowest BCUT2D eigenvalue weighted by atomic mass is 9.91. The quantitative estimate of drug-likeness (QED) is 0.102. The smallest absolute Gasteiger partial charge is 0.264 e. The molecule has 1 atom stereocenters. The maximum absolute atomic E-state index is 13.3. The number of pyridine rings is 1. The molecule has 14 heteroatoms. The van der Waals surface area contributed by atoms with E-state index in [4.69, 9.17) is 0 Å². The maximum Gasteiger partial charge on any atom is 0.264 e. The van der Waals surface area contributed by atoms with Crippen molar-refractivity contribution in [3.63, 3.8) is 0 Å². The van der Waals surface area contributed by atoms with Crippen LogP contribution in [0.2, 0.25) is 0 Å². The van der Waals surface area contributed by atoms with Gasteiger partial charge in [0.25, 0.3) is 23.6 Å². The second-order valence-electron chi connectivity index (χ2n) is 13.9. The second kappa shape index (κ2) is 18.2. The minimum Gasteiger partial charge on any atom is -0.384 e. The topological polar surface area (TPSA) is 187 Å². The highest BCUT2D eigenvalue weighted by Gasteiger charge is 2.45. The molecule has 55 heavy (non-hydrogen) atoms. The van der Waals surface area contributed by atoms with Gasteiger partial charge in [0.15, 0.2) is 0 Å². The van der Waals surface area contributed by atoms with Crippen LogP contribution in [0.3, 0.4) is 0 Å². The summed E-state index contributed by atoms with van der Waals surface area (Å²) in [6.45, 7) is 2.72. The zero-order valence-electron chi connectivity index (χ0n) is 30.6. The third-order valence-corrected chi connectivity index (χ3v) is 10.2. The van der Waals surface area contributed by atoms with Crippen LogP contribution in [-0.4, -0.2) is 94.9 Å². The van der Waals surface area contributed by atoms with Crippen molar-refractivity contribution >= 4 is 53.1 Å². The Balaban J connectivity index is 0.866. The number of imide groups is 2. The zero-order chi connectivity index (χ0) is 38.7. The number of aromatic nitrogens is 1. The van der Waals surface area contributed by atoms with Crippen molar-refractivity contribution in [2.24, 2.45) is 5.92 Å². The van der Waals surface area contributed by atoms with Gasteiger partial charge in [0.1, 0.15) is 6.04 Å². The van der Waals surface area contributed by atoms with Crippen molar-refractivity contribution < 1.29 is 33.6 Å². The van der Waals surface area contributed by atoms with Gasteiger partial charge in [-0.05, 0) is 92.1 Å². The van der Waals surface area contributed by atoms with Gasteiger partial charge in [0.2, 0.25) is 17.7 Å². The summed E-state index contributed by atoms with van der Waals surface area (Å²) in [7, 11) is 0. The highest BCUT2D eigenvalue weighted by Crippen LogP contribution is 2.32. The molecule has 2 aromatic carbocycles. The summed E-state index contributed by atoms with van der Waals surface area (Å²) in [5.74, 6) is -2.16. The van der Waals surface area contributed by atoms with Crippen LogP contribution in [0, 0.1) is 5.92 Å². The first-order valence-electron chi connectivity index (χ1n) is 18.8. The molecule has 3 aliphatic rings. The van der Waals surface area contributed by atoms with Crippen molar-refractivity contribution in [2.45, 2.75) is 57.4 Å². The van der Waals surface area contributed by atoms with Crippen molar-refractivity contribution in [3.05, 3.63) is 101 Å². The molecule has 7 amide bonds. The Kier molecular flexibility index (Phi) is 12.8. The summed E-state index contributed by atoms with van der Waals surface area (Å²) in [5, 5.41) is 11.2. The van der Waals surface area contributed by atoms with Gasteiger partial charge in [-0.15, -0.1) is 0 Å². The molecule has 0 saturated carbocycles. The van der Waals surface area contributed by atoms with Crippen molar-refractivity contribution in [2.75, 3.05) is 38.0 Å². The number of benzene rings is 2. The lowest BCUT2D eigenvalue weighted by Gasteiger charge is -2.32. The third kappa shape index (κ3) is 9.68. The fourth-order valence-electron chi connectivity index (χ4n) is 7.12. The Hall–Kier alpha value is -6.18. The van der Waals surface area contributed by atoms with Crippen LogP contribution in [0.1, 0.15) is 98.4 Å². The first-order valence-corrected chi connectivity index (χ1v) is 18.8. The Morgan fingerprint density at radius 1 is 0.818 bits per heavy atom. The van der Waals surface area contributed by atoms with Crippen molar-refractivity contribution in [3.8, 4) is 0 Å². The van der Waals surface area contributed by atoms with Gasteiger partial charge in [-0.1, -0.05) is 25.0 Å². The van der Waals surface area contributed by atoms with Crippen molar-refractivity contribution in [1.29, 1.82) is 0 Å². The van der Waals surface area contributed by atoms with E-state index >= 15 is 0 Å². The largest absolute Gasteiger partial charge is 0.384 e. The third-order valence-electron chi connectivity index (χ3n) is 10.2. The first kappa shape index (κ1) is 38.5. The molecule has 3 aromatic rings. The fraction of sp³-hybridized carbons (Fsp3) is 0.366. The number of unbranched alkanes of at least 4 members (excludes halogenated alkanes) is 1. The number of anilines is 1. The number of likely N-dealkylation sites (tertiary alicyclic amines) is 1. The average Bonchev–Trinajstić information content (AvgIpc) is 3.46. The Morgan fingerprint density at radius 3 is 2.33 bits per heavy atom. The Labute approximate surface area is 319 Å². The minimum atomic E-state index is -1.04. The van der Waals surface area contributed by atoms with Gasteiger partial charge in [0, 0.05) is 74.4 Å². The lowest BCUT2D eigenvalue weighted by Crippen LogP contribution is -2.54. The van der Waals surface area contributed by atoms with E-state index in [1.165, 1.54) is 12.1 Å². The fourth-order valence-corrected chi connectivity index (χ4v) is 7.12. The molecule has 2 saturated heterocycles. The summed E-state index contributed by atoms with van der Waals surface area (Å²) in [6, 6.07) is 14.2.